The van der Waals surface area contributed by atoms with Crippen LogP contribution in [0.15, 0.2) is 22.8 Å². The minimum Gasteiger partial charge on any atom is -0.459 e. The first-order chi connectivity index (χ1) is 10.7. The molecule has 5 nitrogen and oxygen atoms in total. The van der Waals surface area contributed by atoms with Crippen LogP contribution in [-0.4, -0.2) is 36.3 Å². The van der Waals surface area contributed by atoms with Crippen LogP contribution in [0, 0.1) is 11.8 Å². The highest BCUT2D eigenvalue weighted by Crippen LogP contribution is 2.36. The van der Waals surface area contributed by atoms with Crippen molar-refractivity contribution in [1.29, 1.82) is 0 Å². The number of carbonyl (C=O) groups excluding carboxylic acids is 2. The van der Waals surface area contributed by atoms with Crippen LogP contribution in [0.3, 0.4) is 0 Å². The molecule has 0 radical (unpaired) electrons. The summed E-state index contributed by atoms with van der Waals surface area (Å²) in [4.78, 5) is 26.0. The van der Waals surface area contributed by atoms with Gasteiger partial charge in [-0.05, 0) is 36.8 Å². The molecule has 22 heavy (non-hydrogen) atoms. The van der Waals surface area contributed by atoms with E-state index in [0.29, 0.717) is 18.9 Å². The lowest BCUT2D eigenvalue weighted by Gasteiger charge is -2.41. The van der Waals surface area contributed by atoms with Crippen molar-refractivity contribution in [1.82, 2.24) is 10.2 Å². The first-order valence-electron chi connectivity index (χ1n) is 8.33. The number of fused-ring (bicyclic) bond motifs is 1. The molecule has 1 saturated carbocycles. The zero-order valence-electron chi connectivity index (χ0n) is 12.9. The summed E-state index contributed by atoms with van der Waals surface area (Å²) < 4.78 is 5.02. The van der Waals surface area contributed by atoms with Crippen LogP contribution in [0.2, 0.25) is 0 Å². The maximum absolute atomic E-state index is 12.3. The van der Waals surface area contributed by atoms with Gasteiger partial charge >= 0.3 is 0 Å². The van der Waals surface area contributed by atoms with Gasteiger partial charge in [0.05, 0.1) is 6.26 Å². The molecule has 0 spiro atoms. The molecule has 2 aliphatic rings. The maximum atomic E-state index is 12.3. The molecular weight excluding hydrogens is 280 g/mol. The van der Waals surface area contributed by atoms with Gasteiger partial charge < -0.3 is 14.6 Å². The molecule has 2 unspecified atom stereocenters. The van der Waals surface area contributed by atoms with Crippen molar-refractivity contribution >= 4 is 11.8 Å². The van der Waals surface area contributed by atoms with Gasteiger partial charge in [0.15, 0.2) is 5.76 Å². The van der Waals surface area contributed by atoms with E-state index in [9.17, 15) is 9.59 Å². The van der Waals surface area contributed by atoms with Gasteiger partial charge in [-0.1, -0.05) is 19.3 Å². The lowest BCUT2D eigenvalue weighted by molar-refractivity contribution is -0.134. The molecular formula is C17H24N2O3. The van der Waals surface area contributed by atoms with Crippen LogP contribution in [0.4, 0.5) is 0 Å². The lowest BCUT2D eigenvalue weighted by Crippen LogP contribution is -2.45. The quantitative estimate of drug-likeness (QED) is 0.929. The number of hydrogen-bond acceptors (Lipinski definition) is 3. The second kappa shape index (κ2) is 6.99. The highest BCUT2D eigenvalue weighted by atomic mass is 16.3. The number of nitrogens with zero attached hydrogens (tertiary/aromatic N) is 1. The summed E-state index contributed by atoms with van der Waals surface area (Å²) in [5.41, 5.74) is 0. The Morgan fingerprint density at radius 1 is 1.23 bits per heavy atom. The van der Waals surface area contributed by atoms with E-state index >= 15 is 0 Å². The van der Waals surface area contributed by atoms with Crippen molar-refractivity contribution in [3.63, 3.8) is 0 Å². The van der Waals surface area contributed by atoms with E-state index < -0.39 is 0 Å². The molecule has 2 heterocycles. The molecule has 1 aliphatic carbocycles. The second-order valence-electron chi connectivity index (χ2n) is 6.42. The van der Waals surface area contributed by atoms with Crippen molar-refractivity contribution in [2.75, 3.05) is 19.6 Å². The van der Waals surface area contributed by atoms with Crippen LogP contribution in [0.25, 0.3) is 0 Å². The van der Waals surface area contributed by atoms with E-state index in [2.05, 4.69) is 5.32 Å². The predicted molar refractivity (Wildman–Crippen MR) is 82.3 cm³/mol. The minimum atomic E-state index is -0.260. The van der Waals surface area contributed by atoms with Crippen LogP contribution in [0.1, 0.15) is 49.1 Å². The van der Waals surface area contributed by atoms with Crippen LogP contribution in [-0.2, 0) is 4.79 Å². The number of nitrogens with one attached hydrogen (secondary N) is 1. The van der Waals surface area contributed by atoms with Crippen molar-refractivity contribution in [2.24, 2.45) is 11.8 Å². The van der Waals surface area contributed by atoms with Crippen molar-refractivity contribution in [2.45, 2.75) is 38.5 Å². The fourth-order valence-electron chi connectivity index (χ4n) is 3.76. The van der Waals surface area contributed by atoms with Gasteiger partial charge in [0.1, 0.15) is 0 Å². The highest BCUT2D eigenvalue weighted by molar-refractivity contribution is 5.91. The summed E-state index contributed by atoms with van der Waals surface area (Å²) in [6.45, 7) is 2.16. The second-order valence-corrected chi connectivity index (χ2v) is 6.42. The van der Waals surface area contributed by atoms with Gasteiger partial charge in [-0.25, -0.2) is 0 Å². The predicted octanol–water partition coefficient (Wildman–Crippen LogP) is 2.44. The van der Waals surface area contributed by atoms with E-state index in [0.717, 1.165) is 25.4 Å². The average molecular weight is 304 g/mol. The van der Waals surface area contributed by atoms with Crippen LogP contribution >= 0.6 is 0 Å². The molecule has 0 bridgehead atoms. The van der Waals surface area contributed by atoms with Gasteiger partial charge in [-0.3, -0.25) is 9.59 Å². The van der Waals surface area contributed by atoms with E-state index in [4.69, 9.17) is 4.42 Å². The number of hydrogen-bond donors (Lipinski definition) is 1. The van der Waals surface area contributed by atoms with Gasteiger partial charge in [-0.2, -0.15) is 0 Å². The first kappa shape index (κ1) is 15.1. The third kappa shape index (κ3) is 3.51. The van der Waals surface area contributed by atoms with Crippen LogP contribution in [0.5, 0.6) is 0 Å². The number of furan rings is 1. The Labute approximate surface area is 131 Å². The Morgan fingerprint density at radius 3 is 2.82 bits per heavy atom. The van der Waals surface area contributed by atoms with Crippen LogP contribution < -0.4 is 5.32 Å². The van der Waals surface area contributed by atoms with E-state index in [1.807, 2.05) is 4.90 Å². The van der Waals surface area contributed by atoms with Gasteiger partial charge in [-0.15, -0.1) is 0 Å². The van der Waals surface area contributed by atoms with E-state index in [1.165, 1.54) is 31.9 Å². The summed E-state index contributed by atoms with van der Waals surface area (Å²) in [6.07, 6.45) is 8.25. The van der Waals surface area contributed by atoms with Gasteiger partial charge in [0.25, 0.3) is 5.91 Å². The van der Waals surface area contributed by atoms with Crippen molar-refractivity contribution in [3.05, 3.63) is 24.2 Å². The largest absolute Gasteiger partial charge is 0.459 e. The van der Waals surface area contributed by atoms with Gasteiger partial charge in [0.2, 0.25) is 5.91 Å². The van der Waals surface area contributed by atoms with E-state index in [-0.39, 0.29) is 17.6 Å². The topological polar surface area (TPSA) is 62.6 Å². The third-order valence-corrected chi connectivity index (χ3v) is 5.01. The number of rotatable bonds is 4. The summed E-state index contributed by atoms with van der Waals surface area (Å²) in [7, 11) is 0. The number of piperidine rings is 1. The standard InChI is InChI=1S/C17H24N2O3/c20-16(7-9-18-17(21)15-6-3-11-22-15)19-10-8-13-4-1-2-5-14(13)12-19/h3,6,11,13-14H,1-2,4-5,7-10,12H2,(H,18,21). The lowest BCUT2D eigenvalue weighted by atomic mass is 9.75. The molecule has 1 aromatic rings. The molecule has 2 atom stereocenters. The Kier molecular flexibility index (Phi) is 4.80. The monoisotopic (exact) mass is 304 g/mol. The molecule has 2 fully saturated rings. The molecule has 0 aromatic carbocycles. The maximum Gasteiger partial charge on any atom is 0.286 e. The smallest absolute Gasteiger partial charge is 0.286 e. The fourth-order valence-corrected chi connectivity index (χ4v) is 3.76. The Morgan fingerprint density at radius 2 is 2.05 bits per heavy atom. The molecule has 5 heteroatoms. The summed E-state index contributed by atoms with van der Waals surface area (Å²) in [6, 6.07) is 3.29. The molecule has 1 aromatic heterocycles. The highest BCUT2D eigenvalue weighted by Gasteiger charge is 2.32. The molecule has 1 aliphatic heterocycles. The third-order valence-electron chi connectivity index (χ3n) is 5.01. The average Bonchev–Trinajstić information content (AvgIpc) is 3.08. The summed E-state index contributed by atoms with van der Waals surface area (Å²) >= 11 is 0. The Bertz CT molecular complexity index is 512. The molecule has 3 rings (SSSR count). The Balaban J connectivity index is 1.41. The molecule has 1 saturated heterocycles. The zero-order valence-corrected chi connectivity index (χ0v) is 12.9. The fraction of sp³-hybridized carbons (Fsp3) is 0.647. The Hall–Kier alpha value is -1.78. The zero-order chi connectivity index (χ0) is 15.4. The SMILES string of the molecule is O=C(NCCC(=O)N1CCC2CCCCC2C1)c1ccco1. The number of likely N-dealkylation sites (tertiary alicyclic amines) is 1. The normalized spacial score (nSPS) is 24.6. The van der Waals surface area contributed by atoms with Crippen molar-refractivity contribution in [3.8, 4) is 0 Å². The van der Waals surface area contributed by atoms with Gasteiger partial charge in [0, 0.05) is 26.1 Å². The molecule has 120 valence electrons. The summed E-state index contributed by atoms with van der Waals surface area (Å²) in [5, 5.41) is 2.73. The number of carbonyl (C=O) groups is 2. The first-order valence-corrected chi connectivity index (χ1v) is 8.33. The minimum absolute atomic E-state index is 0.156. The molecule has 1 N–H and O–H groups in total. The van der Waals surface area contributed by atoms with Crippen molar-refractivity contribution < 1.29 is 14.0 Å². The number of amides is 2. The molecule has 2 amide bonds. The summed E-state index contributed by atoms with van der Waals surface area (Å²) in [5.74, 6) is 1.71. The van der Waals surface area contributed by atoms with E-state index in [1.54, 1.807) is 12.1 Å².